The number of carbonyl (C=O) groups is 1. The Balaban J connectivity index is 2.60. The number of nitrogens with one attached hydrogen (secondary N) is 1. The highest BCUT2D eigenvalue weighted by Gasteiger charge is 2.27. The molecule has 1 aromatic rings. The highest BCUT2D eigenvalue weighted by Crippen LogP contribution is 2.21. The minimum atomic E-state index is -0.569. The van der Waals surface area contributed by atoms with E-state index in [2.05, 4.69) is 5.32 Å². The summed E-state index contributed by atoms with van der Waals surface area (Å²) in [6, 6.07) is 9.08. The van der Waals surface area contributed by atoms with Crippen molar-refractivity contribution < 1.29 is 9.90 Å². The van der Waals surface area contributed by atoms with Crippen molar-refractivity contribution in [1.29, 1.82) is 0 Å². The zero-order valence-corrected chi connectivity index (χ0v) is 12.6. The van der Waals surface area contributed by atoms with E-state index in [1.807, 2.05) is 51.1 Å². The molecule has 2 atom stereocenters. The van der Waals surface area contributed by atoms with E-state index in [-0.39, 0.29) is 24.0 Å². The topological polar surface area (TPSA) is 75.3 Å². The molecule has 0 aliphatic heterocycles. The number of carbonyl (C=O) groups excluding carboxylic acids is 1. The minimum Gasteiger partial charge on any atom is -0.396 e. The molecule has 4 nitrogen and oxygen atoms in total. The first-order valence-electron chi connectivity index (χ1n) is 7.05. The van der Waals surface area contributed by atoms with Crippen LogP contribution in [0.5, 0.6) is 0 Å². The SMILES string of the molecule is CC(C)(C)C(CCO)NC(=O)C(N)Cc1ccccc1. The first-order valence-corrected chi connectivity index (χ1v) is 7.05. The van der Waals surface area contributed by atoms with Crippen LogP contribution in [0.25, 0.3) is 0 Å². The molecule has 1 aromatic carbocycles. The van der Waals surface area contributed by atoms with Crippen LogP contribution in [0.2, 0.25) is 0 Å². The molecule has 0 heterocycles. The van der Waals surface area contributed by atoms with Crippen molar-refractivity contribution >= 4 is 5.91 Å². The van der Waals surface area contributed by atoms with E-state index in [4.69, 9.17) is 10.8 Å². The van der Waals surface area contributed by atoms with Crippen LogP contribution in [0.3, 0.4) is 0 Å². The molecule has 0 fully saturated rings. The van der Waals surface area contributed by atoms with Gasteiger partial charge in [-0.05, 0) is 23.8 Å². The summed E-state index contributed by atoms with van der Waals surface area (Å²) in [4.78, 5) is 12.2. The van der Waals surface area contributed by atoms with E-state index in [1.54, 1.807) is 0 Å². The summed E-state index contributed by atoms with van der Waals surface area (Å²) < 4.78 is 0. The fourth-order valence-electron chi connectivity index (χ4n) is 2.09. The van der Waals surface area contributed by atoms with Crippen molar-refractivity contribution in [3.05, 3.63) is 35.9 Å². The van der Waals surface area contributed by atoms with Gasteiger partial charge in [-0.1, -0.05) is 51.1 Å². The molecule has 0 aliphatic rings. The molecule has 0 aliphatic carbocycles. The summed E-state index contributed by atoms with van der Waals surface area (Å²) in [5, 5.41) is 12.1. The molecule has 4 heteroatoms. The van der Waals surface area contributed by atoms with E-state index < -0.39 is 6.04 Å². The summed E-state index contributed by atoms with van der Waals surface area (Å²) in [6.45, 7) is 6.17. The summed E-state index contributed by atoms with van der Waals surface area (Å²) in [5.74, 6) is -0.165. The Morgan fingerprint density at radius 3 is 2.40 bits per heavy atom. The van der Waals surface area contributed by atoms with Crippen molar-refractivity contribution in [3.63, 3.8) is 0 Å². The van der Waals surface area contributed by atoms with Crippen molar-refractivity contribution in [2.75, 3.05) is 6.61 Å². The number of nitrogens with two attached hydrogens (primary N) is 1. The quantitative estimate of drug-likeness (QED) is 0.737. The average molecular weight is 278 g/mol. The van der Waals surface area contributed by atoms with E-state index in [0.29, 0.717) is 12.8 Å². The van der Waals surface area contributed by atoms with Gasteiger partial charge in [-0.3, -0.25) is 4.79 Å². The van der Waals surface area contributed by atoms with Crippen LogP contribution < -0.4 is 11.1 Å². The molecule has 112 valence electrons. The molecule has 0 radical (unpaired) electrons. The zero-order valence-electron chi connectivity index (χ0n) is 12.6. The number of rotatable bonds is 6. The van der Waals surface area contributed by atoms with E-state index >= 15 is 0 Å². The first kappa shape index (κ1) is 16.7. The molecule has 2 unspecified atom stereocenters. The third-order valence-corrected chi connectivity index (χ3v) is 3.41. The van der Waals surface area contributed by atoms with Crippen molar-refractivity contribution in [1.82, 2.24) is 5.32 Å². The largest absolute Gasteiger partial charge is 0.396 e. The molecule has 4 N–H and O–H groups in total. The van der Waals surface area contributed by atoms with Gasteiger partial charge in [0.25, 0.3) is 0 Å². The van der Waals surface area contributed by atoms with Crippen LogP contribution >= 0.6 is 0 Å². The van der Waals surface area contributed by atoms with Crippen molar-refractivity contribution in [2.45, 2.75) is 45.7 Å². The van der Waals surface area contributed by atoms with E-state index in [1.165, 1.54) is 0 Å². The number of aliphatic hydroxyl groups excluding tert-OH is 1. The molecule has 0 bridgehead atoms. The highest BCUT2D eigenvalue weighted by molar-refractivity contribution is 5.82. The number of hydrogen-bond acceptors (Lipinski definition) is 3. The monoisotopic (exact) mass is 278 g/mol. The number of hydrogen-bond donors (Lipinski definition) is 3. The lowest BCUT2D eigenvalue weighted by molar-refractivity contribution is -0.124. The van der Waals surface area contributed by atoms with Crippen LogP contribution in [0.4, 0.5) is 0 Å². The maximum absolute atomic E-state index is 12.2. The average Bonchev–Trinajstić information content (AvgIpc) is 2.38. The lowest BCUT2D eigenvalue weighted by Gasteiger charge is -2.32. The Labute approximate surface area is 121 Å². The first-order chi connectivity index (χ1) is 9.34. The van der Waals surface area contributed by atoms with Gasteiger partial charge in [-0.2, -0.15) is 0 Å². The summed E-state index contributed by atoms with van der Waals surface area (Å²) in [7, 11) is 0. The fraction of sp³-hybridized carbons (Fsp3) is 0.562. The summed E-state index contributed by atoms with van der Waals surface area (Å²) in [6.07, 6.45) is 1.05. The molecule has 1 rings (SSSR count). The second kappa shape index (κ2) is 7.41. The van der Waals surface area contributed by atoms with Crippen LogP contribution in [0, 0.1) is 5.41 Å². The van der Waals surface area contributed by atoms with Gasteiger partial charge in [-0.25, -0.2) is 0 Å². The standard InChI is InChI=1S/C16H26N2O2/c1-16(2,3)14(9-10-19)18-15(20)13(17)11-12-7-5-4-6-8-12/h4-8,13-14,19H,9-11,17H2,1-3H3,(H,18,20). The Morgan fingerprint density at radius 2 is 1.90 bits per heavy atom. The predicted molar refractivity (Wildman–Crippen MR) is 81.2 cm³/mol. The number of aliphatic hydroxyl groups is 1. The van der Waals surface area contributed by atoms with Crippen LogP contribution in [0.15, 0.2) is 30.3 Å². The fourth-order valence-corrected chi connectivity index (χ4v) is 2.09. The second-order valence-electron chi connectivity index (χ2n) is 6.24. The predicted octanol–water partition coefficient (Wildman–Crippen LogP) is 1.47. The Hall–Kier alpha value is -1.39. The Bertz CT molecular complexity index is 412. The van der Waals surface area contributed by atoms with Crippen LogP contribution in [-0.2, 0) is 11.2 Å². The van der Waals surface area contributed by atoms with Gasteiger partial charge in [0.1, 0.15) is 0 Å². The summed E-state index contributed by atoms with van der Waals surface area (Å²) in [5.41, 5.74) is 6.90. The van der Waals surface area contributed by atoms with Crippen molar-refractivity contribution in [2.24, 2.45) is 11.1 Å². The minimum absolute atomic E-state index is 0.0517. The third-order valence-electron chi connectivity index (χ3n) is 3.41. The van der Waals surface area contributed by atoms with E-state index in [9.17, 15) is 4.79 Å². The lowest BCUT2D eigenvalue weighted by atomic mass is 9.84. The van der Waals surface area contributed by atoms with Gasteiger partial charge in [-0.15, -0.1) is 0 Å². The normalized spacial score (nSPS) is 14.7. The zero-order chi connectivity index (χ0) is 15.2. The maximum atomic E-state index is 12.2. The molecule has 0 saturated carbocycles. The van der Waals surface area contributed by atoms with Gasteiger partial charge in [0, 0.05) is 12.6 Å². The van der Waals surface area contributed by atoms with Gasteiger partial charge >= 0.3 is 0 Å². The van der Waals surface area contributed by atoms with Crippen LogP contribution in [-0.4, -0.2) is 29.7 Å². The molecule has 0 saturated heterocycles. The van der Waals surface area contributed by atoms with E-state index in [0.717, 1.165) is 5.56 Å². The highest BCUT2D eigenvalue weighted by atomic mass is 16.3. The molecule has 0 spiro atoms. The molecular weight excluding hydrogens is 252 g/mol. The van der Waals surface area contributed by atoms with Gasteiger partial charge in [0.05, 0.1) is 6.04 Å². The molecular formula is C16H26N2O2. The number of benzene rings is 1. The molecule has 1 amide bonds. The van der Waals surface area contributed by atoms with Crippen LogP contribution in [0.1, 0.15) is 32.8 Å². The molecule has 0 aromatic heterocycles. The third kappa shape index (κ3) is 5.31. The second-order valence-corrected chi connectivity index (χ2v) is 6.24. The molecule has 20 heavy (non-hydrogen) atoms. The Morgan fingerprint density at radius 1 is 1.30 bits per heavy atom. The van der Waals surface area contributed by atoms with Gasteiger partial charge in [0.15, 0.2) is 0 Å². The van der Waals surface area contributed by atoms with Gasteiger partial charge in [0.2, 0.25) is 5.91 Å². The Kier molecular flexibility index (Phi) is 6.17. The maximum Gasteiger partial charge on any atom is 0.237 e. The van der Waals surface area contributed by atoms with Gasteiger partial charge < -0.3 is 16.2 Å². The lowest BCUT2D eigenvalue weighted by Crippen LogP contribution is -2.51. The van der Waals surface area contributed by atoms with Crippen molar-refractivity contribution in [3.8, 4) is 0 Å². The summed E-state index contributed by atoms with van der Waals surface area (Å²) >= 11 is 0. The smallest absolute Gasteiger partial charge is 0.237 e. The number of amides is 1.